The number of imidazole rings is 1. The number of nitrogens with zero attached hydrogens (tertiary/aromatic N) is 2. The van der Waals surface area contributed by atoms with E-state index in [-0.39, 0.29) is 30.7 Å². The highest BCUT2D eigenvalue weighted by atomic mass is 32.2. The van der Waals surface area contributed by atoms with Crippen LogP contribution >= 0.6 is 12.3 Å². The largest absolute Gasteiger partial charge is 0.494 e. The van der Waals surface area contributed by atoms with Crippen LogP contribution in [0.3, 0.4) is 0 Å². The summed E-state index contributed by atoms with van der Waals surface area (Å²) >= 11 is 0.122. The van der Waals surface area contributed by atoms with Crippen LogP contribution in [0.15, 0.2) is 36.8 Å². The van der Waals surface area contributed by atoms with Gasteiger partial charge >= 0.3 is 7.12 Å². The summed E-state index contributed by atoms with van der Waals surface area (Å²) in [5, 5.41) is 0. The summed E-state index contributed by atoms with van der Waals surface area (Å²) in [4.78, 5) is 4.17. The molecular formula is C15H18BFN2O2S. The van der Waals surface area contributed by atoms with Gasteiger partial charge in [0, 0.05) is 11.8 Å². The lowest BCUT2D eigenvalue weighted by molar-refractivity contribution is 0.00578. The van der Waals surface area contributed by atoms with Gasteiger partial charge in [0.05, 0.1) is 16.9 Å². The predicted octanol–water partition coefficient (Wildman–Crippen LogP) is 3.23. The van der Waals surface area contributed by atoms with Crippen molar-refractivity contribution in [2.24, 2.45) is 0 Å². The fourth-order valence-corrected chi connectivity index (χ4v) is 2.51. The molecule has 0 amide bonds. The standard InChI is InChI=1S/C15H18BFN2O2S/c1-14(2)15(3,4)21-16(20-14)12-7-5-11(6-8-12)13-9-19(22-17)10-18-13/h5-10H,1-4H3. The van der Waals surface area contributed by atoms with Gasteiger partial charge in [0.1, 0.15) is 6.33 Å². The van der Waals surface area contributed by atoms with Crippen molar-refractivity contribution < 1.29 is 13.2 Å². The van der Waals surface area contributed by atoms with Gasteiger partial charge in [-0.05, 0) is 33.2 Å². The Morgan fingerprint density at radius 3 is 2.18 bits per heavy atom. The Bertz CT molecular complexity index is 656. The Hall–Kier alpha value is -1.31. The molecule has 0 bridgehead atoms. The number of hydrogen-bond donors (Lipinski definition) is 0. The van der Waals surface area contributed by atoms with Gasteiger partial charge < -0.3 is 9.31 Å². The smallest absolute Gasteiger partial charge is 0.399 e. The highest BCUT2D eigenvalue weighted by Gasteiger charge is 2.51. The minimum absolute atomic E-state index is 0.122. The monoisotopic (exact) mass is 320 g/mol. The Labute approximate surface area is 134 Å². The van der Waals surface area contributed by atoms with Crippen LogP contribution in [-0.4, -0.2) is 27.3 Å². The fraction of sp³-hybridized carbons (Fsp3) is 0.400. The van der Waals surface area contributed by atoms with E-state index in [1.165, 1.54) is 10.3 Å². The first kappa shape index (κ1) is 15.6. The molecule has 0 unspecified atom stereocenters. The van der Waals surface area contributed by atoms with Gasteiger partial charge in [0.2, 0.25) is 0 Å². The van der Waals surface area contributed by atoms with Gasteiger partial charge in [-0.15, -0.1) is 3.89 Å². The molecule has 0 aliphatic carbocycles. The summed E-state index contributed by atoms with van der Waals surface area (Å²) in [5.74, 6) is 0. The SMILES string of the molecule is CC1(C)OB(c2ccc(-c3cn(SF)cn3)cc2)OC1(C)C. The number of rotatable bonds is 3. The van der Waals surface area contributed by atoms with E-state index in [9.17, 15) is 3.89 Å². The Morgan fingerprint density at radius 2 is 1.68 bits per heavy atom. The molecule has 2 heterocycles. The van der Waals surface area contributed by atoms with E-state index in [4.69, 9.17) is 9.31 Å². The van der Waals surface area contributed by atoms with Crippen LogP contribution in [0, 0.1) is 0 Å². The zero-order valence-corrected chi connectivity index (χ0v) is 13.9. The first-order chi connectivity index (χ1) is 10.3. The third-order valence-electron chi connectivity index (χ3n) is 4.37. The van der Waals surface area contributed by atoms with Crippen molar-refractivity contribution in [3.63, 3.8) is 0 Å². The van der Waals surface area contributed by atoms with Crippen LogP contribution < -0.4 is 5.46 Å². The zero-order chi connectivity index (χ0) is 16.0. The number of hydrogen-bond acceptors (Lipinski definition) is 4. The lowest BCUT2D eigenvalue weighted by Gasteiger charge is -2.32. The first-order valence-electron chi connectivity index (χ1n) is 7.11. The van der Waals surface area contributed by atoms with Crippen LogP contribution in [-0.2, 0) is 9.31 Å². The molecule has 3 rings (SSSR count). The van der Waals surface area contributed by atoms with Crippen LogP contribution in [0.2, 0.25) is 0 Å². The molecule has 0 saturated carbocycles. The molecule has 0 atom stereocenters. The van der Waals surface area contributed by atoms with E-state index < -0.39 is 0 Å². The van der Waals surface area contributed by atoms with Gasteiger partial charge in [0.15, 0.2) is 12.3 Å². The van der Waals surface area contributed by atoms with E-state index in [2.05, 4.69) is 4.98 Å². The predicted molar refractivity (Wildman–Crippen MR) is 87.5 cm³/mol. The molecule has 1 aromatic heterocycles. The van der Waals surface area contributed by atoms with E-state index in [1.54, 1.807) is 6.20 Å². The molecule has 1 aliphatic heterocycles. The molecule has 4 nitrogen and oxygen atoms in total. The molecule has 1 fully saturated rings. The van der Waals surface area contributed by atoms with Crippen molar-refractivity contribution in [3.05, 3.63) is 36.8 Å². The van der Waals surface area contributed by atoms with Gasteiger partial charge in [-0.1, -0.05) is 24.3 Å². The van der Waals surface area contributed by atoms with E-state index >= 15 is 0 Å². The van der Waals surface area contributed by atoms with Crippen molar-refractivity contribution in [3.8, 4) is 11.3 Å². The number of benzene rings is 1. The van der Waals surface area contributed by atoms with E-state index in [0.29, 0.717) is 0 Å². The number of aromatic nitrogens is 2. The zero-order valence-electron chi connectivity index (χ0n) is 13.0. The van der Waals surface area contributed by atoms with Gasteiger partial charge in [-0.2, -0.15) is 0 Å². The first-order valence-corrected chi connectivity index (χ1v) is 7.79. The molecule has 1 saturated heterocycles. The van der Waals surface area contributed by atoms with Crippen molar-refractivity contribution in [1.82, 2.24) is 8.96 Å². The van der Waals surface area contributed by atoms with Crippen molar-refractivity contribution >= 4 is 24.9 Å². The lowest BCUT2D eigenvalue weighted by Crippen LogP contribution is -2.41. The second-order valence-electron chi connectivity index (χ2n) is 6.40. The van der Waals surface area contributed by atoms with Crippen molar-refractivity contribution in [2.45, 2.75) is 38.9 Å². The summed E-state index contributed by atoms with van der Waals surface area (Å²) in [5.41, 5.74) is 1.90. The van der Waals surface area contributed by atoms with Crippen LogP contribution in [0.4, 0.5) is 3.89 Å². The van der Waals surface area contributed by atoms with Crippen molar-refractivity contribution in [1.29, 1.82) is 0 Å². The molecule has 116 valence electrons. The van der Waals surface area contributed by atoms with Crippen LogP contribution in [0.1, 0.15) is 27.7 Å². The maximum absolute atomic E-state index is 12.5. The highest BCUT2D eigenvalue weighted by Crippen LogP contribution is 2.36. The Kier molecular flexibility index (Phi) is 3.83. The highest BCUT2D eigenvalue weighted by molar-refractivity contribution is 7.92. The maximum atomic E-state index is 12.5. The van der Waals surface area contributed by atoms with E-state index in [0.717, 1.165) is 16.7 Å². The molecule has 1 aromatic carbocycles. The minimum atomic E-state index is -0.377. The summed E-state index contributed by atoms with van der Waals surface area (Å²) in [7, 11) is -0.377. The van der Waals surface area contributed by atoms with Crippen LogP contribution in [0.5, 0.6) is 0 Å². The molecular weight excluding hydrogens is 302 g/mol. The normalized spacial score (nSPS) is 19.6. The minimum Gasteiger partial charge on any atom is -0.399 e. The molecule has 0 radical (unpaired) electrons. The molecule has 0 spiro atoms. The quantitative estimate of drug-likeness (QED) is 0.814. The molecule has 22 heavy (non-hydrogen) atoms. The number of halogens is 1. The van der Waals surface area contributed by atoms with E-state index in [1.807, 2.05) is 52.0 Å². The third-order valence-corrected chi connectivity index (χ3v) is 4.73. The van der Waals surface area contributed by atoms with Crippen LogP contribution in [0.25, 0.3) is 11.3 Å². The summed E-state index contributed by atoms with van der Waals surface area (Å²) in [6.07, 6.45) is 3.09. The Balaban J connectivity index is 1.81. The average Bonchev–Trinajstić information content (AvgIpc) is 3.02. The second kappa shape index (κ2) is 5.40. The fourth-order valence-electron chi connectivity index (χ4n) is 2.28. The molecule has 2 aromatic rings. The van der Waals surface area contributed by atoms with Gasteiger partial charge in [-0.3, -0.25) is 3.97 Å². The average molecular weight is 320 g/mol. The second-order valence-corrected chi connectivity index (χ2v) is 6.96. The molecule has 1 aliphatic rings. The summed E-state index contributed by atoms with van der Waals surface area (Å²) in [6.45, 7) is 8.12. The lowest BCUT2D eigenvalue weighted by atomic mass is 9.79. The molecule has 0 N–H and O–H groups in total. The van der Waals surface area contributed by atoms with Gasteiger partial charge in [-0.25, -0.2) is 4.98 Å². The van der Waals surface area contributed by atoms with Crippen molar-refractivity contribution in [2.75, 3.05) is 0 Å². The van der Waals surface area contributed by atoms with Gasteiger partial charge in [0.25, 0.3) is 0 Å². The maximum Gasteiger partial charge on any atom is 0.494 e. The third kappa shape index (κ3) is 2.68. The topological polar surface area (TPSA) is 36.3 Å². The summed E-state index contributed by atoms with van der Waals surface area (Å²) < 4.78 is 25.8. The Morgan fingerprint density at radius 1 is 1.09 bits per heavy atom. The molecule has 7 heteroatoms. The summed E-state index contributed by atoms with van der Waals surface area (Å²) in [6, 6.07) is 7.80.